The van der Waals surface area contributed by atoms with E-state index in [0.29, 0.717) is 116 Å². The lowest BCUT2D eigenvalue weighted by molar-refractivity contribution is -0.0118. The van der Waals surface area contributed by atoms with Gasteiger partial charge in [-0.25, -0.2) is 0 Å². The van der Waals surface area contributed by atoms with E-state index in [9.17, 15) is 0 Å². The summed E-state index contributed by atoms with van der Waals surface area (Å²) in [7, 11) is 12.3. The highest BCUT2D eigenvalue weighted by atomic mass is 16.5. The van der Waals surface area contributed by atoms with Gasteiger partial charge in [-0.15, -0.1) is 0 Å². The average molecular weight is 1870 g/mol. The van der Waals surface area contributed by atoms with E-state index >= 15 is 0 Å². The van der Waals surface area contributed by atoms with Gasteiger partial charge < -0.3 is 80.5 Å². The molecule has 0 aromatic carbocycles. The summed E-state index contributed by atoms with van der Waals surface area (Å²) in [6.45, 7) is 98.9. The zero-order chi connectivity index (χ0) is 103. The standard InChI is InChI=1S/2C9H18O.2C8H16O.C8H18O.3C7H16O.5C6H14O.3C5H12O.C4H10O/c1-8(10-2)9-6-4-3-5-7-9;1-8(2)10-9-6-4-3-5-7-9;1-7(9-2)8-5-3-4-6-8;1-7(2)9-8-5-3-4-6-8;1-4-6-8(3)9-7-5-2;1-5-8-7(4)6(2)3;1-4-6-7(3)8-5-2;1-4-6-8-7(3)5-2;1-5-7-6(2,3)4;1-5(2)6(3)7-4;1-4-5-6(2)7-3;1-4-5-7-6(2)3;1-4-6(3)7-5-2;1-5(2,3)6-4;1-4-5(2)6-3;1-4-6-5(2)3;1-4(2)5-3/h2*8-9H,3-7H2,1-2H3;2*7-8H,3-6H2,1-2H3;8H,4-7H2,1-3H3;6-7H,5H2,1-4H3;2*7H,4-6H2,1-3H3;5H2,1-4H3;5-6H,1-4H3;3*6H,4-5H2,1-3H3;1-4H3;2*5H,4H2,1-3H3;4H,1-3H3/t8-;;7-;;;7-;;;;6-;;;;;;;/m1.1..1...1......./s1. The van der Waals surface area contributed by atoms with E-state index in [1.54, 1.807) is 35.5 Å². The molecule has 0 radical (unpaired) electrons. The molecule has 0 N–H and O–H groups in total. The highest BCUT2D eigenvalue weighted by Crippen LogP contribution is 2.29. The van der Waals surface area contributed by atoms with E-state index in [4.69, 9.17) is 80.5 Å². The first-order chi connectivity index (χ1) is 60.4. The minimum Gasteiger partial charge on any atom is -0.382 e. The Hall–Kier alpha value is -0.680. The molecule has 4 saturated carbocycles. The van der Waals surface area contributed by atoms with Crippen molar-refractivity contribution in [1.82, 2.24) is 0 Å². The molecule has 17 heteroatoms. The van der Waals surface area contributed by atoms with Crippen molar-refractivity contribution < 1.29 is 80.5 Å². The van der Waals surface area contributed by atoms with Gasteiger partial charge >= 0.3 is 0 Å². The molecule has 0 aromatic rings. The number of ether oxygens (including phenoxy) is 17. The Balaban J connectivity index is -0.000000101. The van der Waals surface area contributed by atoms with Gasteiger partial charge in [0.15, 0.2) is 0 Å². The van der Waals surface area contributed by atoms with Crippen LogP contribution in [0.1, 0.15) is 497 Å². The van der Waals surface area contributed by atoms with Crippen LogP contribution in [0.4, 0.5) is 0 Å². The van der Waals surface area contributed by atoms with Crippen LogP contribution >= 0.6 is 0 Å². The molecular formula is C112H250O17. The van der Waals surface area contributed by atoms with Crippen molar-refractivity contribution in [2.75, 3.05) is 103 Å². The Morgan fingerprint density at radius 1 is 0.240 bits per heavy atom. The largest absolute Gasteiger partial charge is 0.382 e. The van der Waals surface area contributed by atoms with Crippen molar-refractivity contribution in [3.63, 3.8) is 0 Å². The summed E-state index contributed by atoms with van der Waals surface area (Å²) in [5.41, 5.74) is 0.0920. The molecule has 0 heterocycles. The SMILES string of the molecule is CC(C)OC1CCCC1.CC(C)OC1CCCCC1.CCC(C)OC.CCCC(C)OC.CCCC(C)OCC.CCCOC(C)C.CCCOC(C)CC.CCCOC(C)CCC.CCOC(C)(C)C.CCOC(C)C.CCOC(C)CC.CCO[C@H](C)C(C)C.COC(C)(C)C.COC(C)C.CO[C@H](C)C(C)C.CO[C@H](C)C1CCCC1.CO[C@H](C)C1CCCCC1. The summed E-state index contributed by atoms with van der Waals surface area (Å²) < 4.78 is 88.4. The fourth-order valence-electron chi connectivity index (χ4n) is 11.4. The second kappa shape index (κ2) is 121. The summed E-state index contributed by atoms with van der Waals surface area (Å²) in [5, 5.41) is 0. The molecule has 6 unspecified atom stereocenters. The van der Waals surface area contributed by atoms with Crippen LogP contribution < -0.4 is 0 Å². The van der Waals surface area contributed by atoms with E-state index in [1.807, 2.05) is 97.3 Å². The summed E-state index contributed by atoms with van der Waals surface area (Å²) in [6, 6.07) is 0. The molecule has 4 fully saturated rings. The molecule has 0 aromatic heterocycles. The van der Waals surface area contributed by atoms with Gasteiger partial charge in [0.2, 0.25) is 0 Å². The second-order valence-corrected chi connectivity index (χ2v) is 38.6. The van der Waals surface area contributed by atoms with Crippen LogP contribution in [0.3, 0.4) is 0 Å². The fourth-order valence-corrected chi connectivity index (χ4v) is 11.4. The molecule has 0 aliphatic heterocycles. The predicted molar refractivity (Wildman–Crippen MR) is 571 cm³/mol. The van der Waals surface area contributed by atoms with Gasteiger partial charge in [0.05, 0.1) is 115 Å². The van der Waals surface area contributed by atoms with Crippen LogP contribution in [0, 0.1) is 23.7 Å². The zero-order valence-electron chi connectivity index (χ0n) is 97.9. The van der Waals surface area contributed by atoms with Crippen molar-refractivity contribution in [2.24, 2.45) is 23.7 Å². The first-order valence-electron chi connectivity index (χ1n) is 53.4. The second-order valence-electron chi connectivity index (χ2n) is 38.6. The van der Waals surface area contributed by atoms with Gasteiger partial charge in [-0.2, -0.15) is 0 Å². The molecule has 4 aliphatic carbocycles. The molecule has 129 heavy (non-hydrogen) atoms. The van der Waals surface area contributed by atoms with E-state index in [2.05, 4.69) is 222 Å². The Labute approximate surface area is 814 Å². The van der Waals surface area contributed by atoms with Crippen molar-refractivity contribution in [2.45, 2.75) is 612 Å². The quantitative estimate of drug-likeness (QED) is 0.0569. The third-order valence-corrected chi connectivity index (χ3v) is 21.1. The smallest absolute Gasteiger partial charge is 0.0598 e. The molecule has 4 aliphatic rings. The maximum Gasteiger partial charge on any atom is 0.0598 e. The van der Waals surface area contributed by atoms with Crippen LogP contribution in [0.2, 0.25) is 0 Å². The van der Waals surface area contributed by atoms with Gasteiger partial charge in [0.1, 0.15) is 0 Å². The molecule has 0 spiro atoms. The Kier molecular flexibility index (Phi) is 147. The molecule has 10 atom stereocenters. The van der Waals surface area contributed by atoms with Crippen LogP contribution in [0.5, 0.6) is 0 Å². The molecule has 800 valence electrons. The van der Waals surface area contributed by atoms with Gasteiger partial charge in [-0.1, -0.05) is 173 Å². The van der Waals surface area contributed by atoms with Gasteiger partial charge in [0.25, 0.3) is 0 Å². The van der Waals surface area contributed by atoms with Crippen molar-refractivity contribution in [3.05, 3.63) is 0 Å². The third-order valence-electron chi connectivity index (χ3n) is 21.1. The van der Waals surface area contributed by atoms with Crippen LogP contribution in [-0.2, 0) is 80.5 Å². The maximum absolute atomic E-state index is 5.69. The minimum absolute atomic E-state index is 0.0417. The molecule has 0 saturated heterocycles. The lowest BCUT2D eigenvalue weighted by atomic mass is 9.86. The van der Waals surface area contributed by atoms with E-state index in [1.165, 1.54) is 154 Å². The van der Waals surface area contributed by atoms with Gasteiger partial charge in [-0.3, -0.25) is 0 Å². The summed E-state index contributed by atoms with van der Waals surface area (Å²) in [6.07, 6.45) is 46.4. The average Bonchev–Trinajstić information content (AvgIpc) is 1.88. The summed E-state index contributed by atoms with van der Waals surface area (Å²) in [4.78, 5) is 0. The van der Waals surface area contributed by atoms with Crippen molar-refractivity contribution >= 4 is 0 Å². The van der Waals surface area contributed by atoms with Crippen molar-refractivity contribution in [1.29, 1.82) is 0 Å². The number of hydrogen-bond donors (Lipinski definition) is 0. The first-order valence-corrected chi connectivity index (χ1v) is 53.4. The highest BCUT2D eigenvalue weighted by molar-refractivity contribution is 4.73. The monoisotopic (exact) mass is 1870 g/mol. The predicted octanol–water partition coefficient (Wildman–Crippen LogP) is 33.3. The van der Waals surface area contributed by atoms with Crippen LogP contribution in [-0.4, -0.2) is 218 Å². The van der Waals surface area contributed by atoms with Gasteiger partial charge in [0, 0.05) is 103 Å². The van der Waals surface area contributed by atoms with Crippen molar-refractivity contribution in [3.8, 4) is 0 Å². The maximum atomic E-state index is 5.69. The fraction of sp³-hybridized carbons (Fsp3) is 1.00. The van der Waals surface area contributed by atoms with Gasteiger partial charge in [-0.05, 0) is 347 Å². The first kappa shape index (κ1) is 156. The molecule has 17 nitrogen and oxygen atoms in total. The van der Waals surface area contributed by atoms with E-state index < -0.39 is 0 Å². The molecule has 0 bridgehead atoms. The van der Waals surface area contributed by atoms with E-state index in [0.717, 1.165) is 103 Å². The van der Waals surface area contributed by atoms with Crippen LogP contribution in [0.25, 0.3) is 0 Å². The van der Waals surface area contributed by atoms with Crippen LogP contribution in [0.15, 0.2) is 0 Å². The topological polar surface area (TPSA) is 157 Å². The number of rotatable bonds is 41. The molecule has 4 rings (SSSR count). The number of methoxy groups -OCH3 is 7. The lowest BCUT2D eigenvalue weighted by Gasteiger charge is -2.26. The molecular weight excluding hydrogens is 1620 g/mol. The lowest BCUT2D eigenvalue weighted by Crippen LogP contribution is -2.21. The normalized spacial score (nSPS) is 16.0. The molecule has 0 amide bonds. The third kappa shape index (κ3) is 161. The number of hydrogen-bond acceptors (Lipinski definition) is 17. The Morgan fingerprint density at radius 3 is 0.698 bits per heavy atom. The Bertz CT molecular complexity index is 1820. The highest BCUT2D eigenvalue weighted by Gasteiger charge is 2.22. The minimum atomic E-state index is 0.0417. The van der Waals surface area contributed by atoms with E-state index in [-0.39, 0.29) is 11.2 Å². The Morgan fingerprint density at radius 2 is 0.519 bits per heavy atom. The zero-order valence-corrected chi connectivity index (χ0v) is 97.9. The summed E-state index contributed by atoms with van der Waals surface area (Å²) in [5.74, 6) is 2.99. The summed E-state index contributed by atoms with van der Waals surface area (Å²) >= 11 is 0.